The van der Waals surface area contributed by atoms with Crippen molar-refractivity contribution in [2.45, 2.75) is 26.1 Å². The van der Waals surface area contributed by atoms with Crippen molar-refractivity contribution in [3.8, 4) is 5.75 Å². The van der Waals surface area contributed by atoms with Crippen LogP contribution in [0.25, 0.3) is 0 Å². The number of ether oxygens (including phenoxy) is 1. The van der Waals surface area contributed by atoms with Crippen molar-refractivity contribution < 1.29 is 9.13 Å². The second-order valence-electron chi connectivity index (χ2n) is 6.05. The van der Waals surface area contributed by atoms with Crippen LogP contribution in [0.15, 0.2) is 78.9 Å². The van der Waals surface area contributed by atoms with E-state index in [9.17, 15) is 4.39 Å². The quantitative estimate of drug-likeness (QED) is 0.636. The van der Waals surface area contributed by atoms with E-state index in [4.69, 9.17) is 4.74 Å². The Balaban J connectivity index is 1.57. The van der Waals surface area contributed by atoms with Crippen molar-refractivity contribution in [2.75, 3.05) is 0 Å². The van der Waals surface area contributed by atoms with Crippen LogP contribution in [0, 0.1) is 5.82 Å². The summed E-state index contributed by atoms with van der Waals surface area (Å²) >= 11 is 0. The van der Waals surface area contributed by atoms with Crippen molar-refractivity contribution in [1.82, 2.24) is 5.32 Å². The molecule has 0 bridgehead atoms. The summed E-state index contributed by atoms with van der Waals surface area (Å²) in [5, 5.41) is 3.36. The first kappa shape index (κ1) is 17.2. The molecule has 0 saturated heterocycles. The molecule has 0 amide bonds. The smallest absolute Gasteiger partial charge is 0.127 e. The number of nitrogens with one attached hydrogen (secondary N) is 1. The standard InChI is InChI=1S/C22H22FNO/c1-17(21-12-5-6-13-22(21)23)24-15-19-10-7-11-20(14-19)25-16-18-8-3-2-4-9-18/h2-14,17,24H,15-16H2,1H3. The predicted octanol–water partition coefficient (Wildman–Crippen LogP) is 5.26. The molecule has 0 fully saturated rings. The molecule has 0 saturated carbocycles. The Bertz CT molecular complexity index is 804. The normalized spacial score (nSPS) is 11.9. The molecule has 0 heterocycles. The lowest BCUT2D eigenvalue weighted by Gasteiger charge is -2.15. The maximum Gasteiger partial charge on any atom is 0.127 e. The fourth-order valence-corrected chi connectivity index (χ4v) is 2.69. The number of halogens is 1. The summed E-state index contributed by atoms with van der Waals surface area (Å²) in [7, 11) is 0. The number of hydrogen-bond donors (Lipinski definition) is 1. The Kier molecular flexibility index (Phi) is 5.81. The van der Waals surface area contributed by atoms with E-state index in [0.29, 0.717) is 18.7 Å². The van der Waals surface area contributed by atoms with Crippen LogP contribution in [0.1, 0.15) is 29.7 Å². The lowest BCUT2D eigenvalue weighted by Crippen LogP contribution is -2.19. The molecule has 0 aliphatic heterocycles. The Hall–Kier alpha value is -2.65. The molecule has 0 spiro atoms. The van der Waals surface area contributed by atoms with Crippen LogP contribution in [0.4, 0.5) is 4.39 Å². The number of rotatable bonds is 7. The largest absolute Gasteiger partial charge is 0.489 e. The zero-order valence-corrected chi connectivity index (χ0v) is 14.3. The van der Waals surface area contributed by atoms with Gasteiger partial charge in [-0.25, -0.2) is 4.39 Å². The predicted molar refractivity (Wildman–Crippen MR) is 98.9 cm³/mol. The molecule has 128 valence electrons. The highest BCUT2D eigenvalue weighted by Gasteiger charge is 2.09. The van der Waals surface area contributed by atoms with Gasteiger partial charge in [-0.05, 0) is 36.2 Å². The summed E-state index contributed by atoms with van der Waals surface area (Å²) in [6.07, 6.45) is 0. The van der Waals surface area contributed by atoms with Gasteiger partial charge in [0, 0.05) is 18.2 Å². The topological polar surface area (TPSA) is 21.3 Å². The van der Waals surface area contributed by atoms with Gasteiger partial charge in [-0.1, -0.05) is 60.7 Å². The summed E-state index contributed by atoms with van der Waals surface area (Å²) in [4.78, 5) is 0. The van der Waals surface area contributed by atoms with Crippen LogP contribution in [0.2, 0.25) is 0 Å². The molecule has 2 nitrogen and oxygen atoms in total. The van der Waals surface area contributed by atoms with Gasteiger partial charge in [0.05, 0.1) is 0 Å². The molecule has 3 heteroatoms. The zero-order chi connectivity index (χ0) is 17.5. The number of benzene rings is 3. The van der Waals surface area contributed by atoms with E-state index in [1.165, 1.54) is 6.07 Å². The van der Waals surface area contributed by atoms with Gasteiger partial charge in [0.1, 0.15) is 18.2 Å². The average molecular weight is 335 g/mol. The van der Waals surface area contributed by atoms with E-state index in [1.54, 1.807) is 6.07 Å². The molecule has 0 aliphatic rings. The summed E-state index contributed by atoms with van der Waals surface area (Å²) < 4.78 is 19.7. The van der Waals surface area contributed by atoms with Gasteiger partial charge >= 0.3 is 0 Å². The van der Waals surface area contributed by atoms with Crippen LogP contribution >= 0.6 is 0 Å². The SMILES string of the molecule is CC(NCc1cccc(OCc2ccccc2)c1)c1ccccc1F. The first-order valence-electron chi connectivity index (χ1n) is 8.46. The minimum absolute atomic E-state index is 0.0601. The molecule has 3 aromatic carbocycles. The van der Waals surface area contributed by atoms with E-state index in [-0.39, 0.29) is 11.9 Å². The monoisotopic (exact) mass is 335 g/mol. The lowest BCUT2D eigenvalue weighted by molar-refractivity contribution is 0.306. The minimum Gasteiger partial charge on any atom is -0.489 e. The zero-order valence-electron chi connectivity index (χ0n) is 14.3. The molecule has 1 N–H and O–H groups in total. The van der Waals surface area contributed by atoms with Crippen molar-refractivity contribution >= 4 is 0 Å². The van der Waals surface area contributed by atoms with Crippen molar-refractivity contribution in [1.29, 1.82) is 0 Å². The molecular formula is C22H22FNO. The Morgan fingerprint density at radius 2 is 1.60 bits per heavy atom. The van der Waals surface area contributed by atoms with Gasteiger partial charge < -0.3 is 10.1 Å². The van der Waals surface area contributed by atoms with Gasteiger partial charge in [-0.3, -0.25) is 0 Å². The van der Waals surface area contributed by atoms with Gasteiger partial charge in [0.25, 0.3) is 0 Å². The third kappa shape index (κ3) is 4.91. The van der Waals surface area contributed by atoms with E-state index in [1.807, 2.05) is 73.7 Å². The summed E-state index contributed by atoms with van der Waals surface area (Å²) in [5.74, 6) is 0.657. The first-order valence-corrected chi connectivity index (χ1v) is 8.46. The van der Waals surface area contributed by atoms with Crippen LogP contribution in [0.3, 0.4) is 0 Å². The molecular weight excluding hydrogens is 313 g/mol. The fraction of sp³-hybridized carbons (Fsp3) is 0.182. The van der Waals surface area contributed by atoms with Crippen LogP contribution in [-0.4, -0.2) is 0 Å². The highest BCUT2D eigenvalue weighted by atomic mass is 19.1. The van der Waals surface area contributed by atoms with Gasteiger partial charge in [0.2, 0.25) is 0 Å². The molecule has 0 aromatic heterocycles. The molecule has 25 heavy (non-hydrogen) atoms. The Morgan fingerprint density at radius 1 is 0.880 bits per heavy atom. The molecule has 0 aliphatic carbocycles. The van der Waals surface area contributed by atoms with Crippen LogP contribution < -0.4 is 10.1 Å². The third-order valence-electron chi connectivity index (χ3n) is 4.13. The molecule has 1 atom stereocenters. The van der Waals surface area contributed by atoms with Crippen molar-refractivity contribution in [3.63, 3.8) is 0 Å². The Labute approximate surface area is 148 Å². The lowest BCUT2D eigenvalue weighted by atomic mass is 10.1. The Morgan fingerprint density at radius 3 is 2.40 bits per heavy atom. The average Bonchev–Trinajstić information content (AvgIpc) is 2.66. The van der Waals surface area contributed by atoms with Gasteiger partial charge in [-0.2, -0.15) is 0 Å². The number of hydrogen-bond acceptors (Lipinski definition) is 2. The maximum absolute atomic E-state index is 13.8. The molecule has 3 rings (SSSR count). The summed E-state index contributed by atoms with van der Waals surface area (Å²) in [6, 6.07) is 24.9. The summed E-state index contributed by atoms with van der Waals surface area (Å²) in [6.45, 7) is 3.16. The van der Waals surface area contributed by atoms with E-state index in [0.717, 1.165) is 16.9 Å². The molecule has 0 radical (unpaired) electrons. The molecule has 1 unspecified atom stereocenters. The van der Waals surface area contributed by atoms with E-state index < -0.39 is 0 Å². The minimum atomic E-state index is -0.178. The van der Waals surface area contributed by atoms with E-state index in [2.05, 4.69) is 5.32 Å². The van der Waals surface area contributed by atoms with Gasteiger partial charge in [0.15, 0.2) is 0 Å². The van der Waals surface area contributed by atoms with Crippen LogP contribution in [0.5, 0.6) is 5.75 Å². The van der Waals surface area contributed by atoms with Crippen molar-refractivity contribution in [3.05, 3.63) is 101 Å². The second kappa shape index (κ2) is 8.45. The fourth-order valence-electron chi connectivity index (χ4n) is 2.69. The maximum atomic E-state index is 13.8. The third-order valence-corrected chi connectivity index (χ3v) is 4.13. The van der Waals surface area contributed by atoms with Crippen molar-refractivity contribution in [2.24, 2.45) is 0 Å². The highest BCUT2D eigenvalue weighted by molar-refractivity contribution is 5.29. The van der Waals surface area contributed by atoms with Gasteiger partial charge in [-0.15, -0.1) is 0 Å². The second-order valence-corrected chi connectivity index (χ2v) is 6.05. The van der Waals surface area contributed by atoms with Crippen LogP contribution in [-0.2, 0) is 13.2 Å². The summed E-state index contributed by atoms with van der Waals surface area (Å²) in [5.41, 5.74) is 2.92. The highest BCUT2D eigenvalue weighted by Crippen LogP contribution is 2.19. The van der Waals surface area contributed by atoms with E-state index >= 15 is 0 Å². The molecule has 3 aromatic rings. The first-order chi connectivity index (χ1) is 12.2.